The second kappa shape index (κ2) is 5.84. The van der Waals surface area contributed by atoms with E-state index < -0.39 is 23.8 Å². The summed E-state index contributed by atoms with van der Waals surface area (Å²) in [5.74, 6) is -2.59. The van der Waals surface area contributed by atoms with Gasteiger partial charge in [0.1, 0.15) is 5.57 Å². The maximum Gasteiger partial charge on any atom is 0.335 e. The first-order valence-electron chi connectivity index (χ1n) is 6.85. The van der Waals surface area contributed by atoms with Gasteiger partial charge in [-0.1, -0.05) is 0 Å². The van der Waals surface area contributed by atoms with E-state index in [-0.39, 0.29) is 11.1 Å². The monoisotopic (exact) mass is 325 g/mol. The second-order valence-electron chi connectivity index (χ2n) is 4.95. The van der Waals surface area contributed by atoms with E-state index in [1.165, 1.54) is 18.2 Å². The summed E-state index contributed by atoms with van der Waals surface area (Å²) in [6, 6.07) is 8.64. The first-order valence-corrected chi connectivity index (χ1v) is 6.85. The third kappa shape index (κ3) is 2.80. The van der Waals surface area contributed by atoms with Crippen LogP contribution < -0.4 is 10.6 Å². The molecule has 4 amide bonds. The zero-order chi connectivity index (χ0) is 17.3. The molecule has 2 aromatic rings. The normalized spacial score (nSPS) is 14.2. The Morgan fingerprint density at radius 2 is 1.62 bits per heavy atom. The molecule has 0 aliphatic carbocycles. The van der Waals surface area contributed by atoms with E-state index in [1.807, 2.05) is 10.6 Å². The summed E-state index contributed by atoms with van der Waals surface area (Å²) in [7, 11) is 0. The number of hydrogen-bond acceptors (Lipinski definition) is 4. The van der Waals surface area contributed by atoms with E-state index in [2.05, 4.69) is 0 Å². The van der Waals surface area contributed by atoms with E-state index in [4.69, 9.17) is 5.11 Å². The number of nitrogens with one attached hydrogen (secondary N) is 2. The molecule has 0 saturated carbocycles. The predicted octanol–water partition coefficient (Wildman–Crippen LogP) is 0.925. The van der Waals surface area contributed by atoms with Crippen molar-refractivity contribution in [1.82, 2.24) is 15.2 Å². The number of nitrogens with zero attached hydrogens (tertiary/aromatic N) is 1. The molecule has 1 fully saturated rings. The van der Waals surface area contributed by atoms with Gasteiger partial charge in [0.15, 0.2) is 0 Å². The summed E-state index contributed by atoms with van der Waals surface area (Å²) < 4.78 is 1.68. The van der Waals surface area contributed by atoms with Gasteiger partial charge in [-0.25, -0.2) is 9.59 Å². The summed E-state index contributed by atoms with van der Waals surface area (Å²) in [6.45, 7) is 0. The van der Waals surface area contributed by atoms with Crippen molar-refractivity contribution in [2.45, 2.75) is 0 Å². The number of carbonyl (C=O) groups excluding carboxylic acids is 3. The molecule has 2 heterocycles. The Kier molecular flexibility index (Phi) is 3.70. The third-order valence-electron chi connectivity index (χ3n) is 3.41. The van der Waals surface area contributed by atoms with Crippen molar-refractivity contribution < 1.29 is 24.3 Å². The number of carboxylic acids is 1. The van der Waals surface area contributed by atoms with Crippen LogP contribution in [0.25, 0.3) is 11.8 Å². The number of carbonyl (C=O) groups is 4. The summed E-state index contributed by atoms with van der Waals surface area (Å²) in [6.07, 6.45) is 3.05. The largest absolute Gasteiger partial charge is 0.478 e. The van der Waals surface area contributed by atoms with Crippen molar-refractivity contribution in [1.29, 1.82) is 0 Å². The van der Waals surface area contributed by atoms with Crippen molar-refractivity contribution in [3.8, 4) is 5.69 Å². The predicted molar refractivity (Wildman–Crippen MR) is 82.4 cm³/mol. The van der Waals surface area contributed by atoms with Crippen LogP contribution in [0, 0.1) is 0 Å². The van der Waals surface area contributed by atoms with Gasteiger partial charge in [-0.2, -0.15) is 0 Å². The Hall–Kier alpha value is -3.68. The van der Waals surface area contributed by atoms with Gasteiger partial charge in [0.2, 0.25) is 0 Å². The van der Waals surface area contributed by atoms with Crippen LogP contribution in [0.1, 0.15) is 16.1 Å². The van der Waals surface area contributed by atoms with E-state index >= 15 is 0 Å². The van der Waals surface area contributed by atoms with Crippen molar-refractivity contribution in [3.63, 3.8) is 0 Å². The SMILES string of the molecule is O=C1NC(=O)C(=Cc2cccn2-c2ccc(C(=O)O)cc2)C(=O)N1. The zero-order valence-electron chi connectivity index (χ0n) is 12.1. The summed E-state index contributed by atoms with van der Waals surface area (Å²) in [5, 5.41) is 12.9. The second-order valence-corrected chi connectivity index (χ2v) is 4.95. The minimum Gasteiger partial charge on any atom is -0.478 e. The number of barbiturate groups is 1. The summed E-state index contributed by atoms with van der Waals surface area (Å²) in [4.78, 5) is 45.5. The molecule has 120 valence electrons. The van der Waals surface area contributed by atoms with Crippen molar-refractivity contribution in [3.05, 3.63) is 59.4 Å². The minimum atomic E-state index is -1.03. The Morgan fingerprint density at radius 3 is 2.21 bits per heavy atom. The Bertz CT molecular complexity index is 871. The van der Waals surface area contributed by atoms with E-state index in [0.717, 1.165) is 0 Å². The Labute approximate surface area is 135 Å². The molecule has 1 aromatic heterocycles. The molecule has 0 atom stereocenters. The lowest BCUT2D eigenvalue weighted by molar-refractivity contribution is -0.123. The number of benzene rings is 1. The van der Waals surface area contributed by atoms with Crippen LogP contribution in [0.5, 0.6) is 0 Å². The minimum absolute atomic E-state index is 0.148. The molecule has 0 unspecified atom stereocenters. The average Bonchev–Trinajstić information content (AvgIpc) is 2.99. The molecule has 0 radical (unpaired) electrons. The van der Waals surface area contributed by atoms with Crippen LogP contribution in [-0.4, -0.2) is 33.5 Å². The first kappa shape index (κ1) is 15.2. The van der Waals surface area contributed by atoms with Gasteiger partial charge in [0.25, 0.3) is 11.8 Å². The van der Waals surface area contributed by atoms with Gasteiger partial charge in [0.05, 0.1) is 5.56 Å². The Morgan fingerprint density at radius 1 is 1.00 bits per heavy atom. The highest BCUT2D eigenvalue weighted by atomic mass is 16.4. The smallest absolute Gasteiger partial charge is 0.335 e. The van der Waals surface area contributed by atoms with Crippen LogP contribution in [0.4, 0.5) is 4.79 Å². The third-order valence-corrected chi connectivity index (χ3v) is 3.41. The topological polar surface area (TPSA) is 118 Å². The molecule has 3 N–H and O–H groups in total. The summed E-state index contributed by atoms with van der Waals surface area (Å²) in [5.41, 5.74) is 1.13. The number of amides is 4. The van der Waals surface area contributed by atoms with Gasteiger partial charge in [-0.15, -0.1) is 0 Å². The molecule has 1 aliphatic rings. The van der Waals surface area contributed by atoms with Crippen LogP contribution in [-0.2, 0) is 9.59 Å². The highest BCUT2D eigenvalue weighted by Crippen LogP contribution is 2.17. The maximum absolute atomic E-state index is 11.8. The molecular formula is C16H11N3O5. The fourth-order valence-electron chi connectivity index (χ4n) is 2.27. The van der Waals surface area contributed by atoms with Gasteiger partial charge in [-0.05, 0) is 42.5 Å². The fourth-order valence-corrected chi connectivity index (χ4v) is 2.27. The van der Waals surface area contributed by atoms with Crippen LogP contribution in [0.2, 0.25) is 0 Å². The molecule has 3 rings (SSSR count). The van der Waals surface area contributed by atoms with Crippen molar-refractivity contribution in [2.75, 3.05) is 0 Å². The lowest BCUT2D eigenvalue weighted by Crippen LogP contribution is -2.51. The standard InChI is InChI=1S/C16H11N3O5/c20-13-12(14(21)18-16(24)17-13)8-11-2-1-7-19(11)10-5-3-9(4-6-10)15(22)23/h1-8H,(H,22,23)(H2,17,18,20,21,24). The highest BCUT2D eigenvalue weighted by Gasteiger charge is 2.28. The highest BCUT2D eigenvalue weighted by molar-refractivity contribution is 6.31. The molecule has 0 spiro atoms. The number of hydrogen-bond donors (Lipinski definition) is 3. The van der Waals surface area contributed by atoms with Crippen molar-refractivity contribution >= 4 is 29.9 Å². The van der Waals surface area contributed by atoms with Gasteiger partial charge in [0, 0.05) is 17.6 Å². The van der Waals surface area contributed by atoms with E-state index in [9.17, 15) is 19.2 Å². The van der Waals surface area contributed by atoms with E-state index in [0.29, 0.717) is 11.4 Å². The number of rotatable bonds is 3. The maximum atomic E-state index is 11.8. The number of carboxylic acid groups (broad SMARTS) is 1. The molecule has 8 heteroatoms. The van der Waals surface area contributed by atoms with Crippen molar-refractivity contribution in [2.24, 2.45) is 0 Å². The number of urea groups is 1. The Balaban J connectivity index is 1.97. The fraction of sp³-hybridized carbons (Fsp3) is 0. The zero-order valence-corrected chi connectivity index (χ0v) is 12.1. The quantitative estimate of drug-likeness (QED) is 0.573. The van der Waals surface area contributed by atoms with E-state index in [1.54, 1.807) is 35.0 Å². The lowest BCUT2D eigenvalue weighted by Gasteiger charge is -2.14. The number of aromatic nitrogens is 1. The molecular weight excluding hydrogens is 314 g/mol. The van der Waals surface area contributed by atoms with Crippen LogP contribution in [0.3, 0.4) is 0 Å². The van der Waals surface area contributed by atoms with Crippen LogP contribution >= 0.6 is 0 Å². The molecule has 0 bridgehead atoms. The molecule has 1 aliphatic heterocycles. The number of aromatic carboxylic acids is 1. The number of imide groups is 2. The lowest BCUT2D eigenvalue weighted by atomic mass is 10.1. The van der Waals surface area contributed by atoms with Gasteiger partial charge >= 0.3 is 12.0 Å². The van der Waals surface area contributed by atoms with Gasteiger partial charge < -0.3 is 9.67 Å². The summed E-state index contributed by atoms with van der Waals surface area (Å²) >= 11 is 0. The van der Waals surface area contributed by atoms with Gasteiger partial charge in [-0.3, -0.25) is 20.2 Å². The molecule has 1 aromatic carbocycles. The molecule has 24 heavy (non-hydrogen) atoms. The molecule has 8 nitrogen and oxygen atoms in total. The molecule has 1 saturated heterocycles. The first-order chi connectivity index (χ1) is 11.5. The van der Waals surface area contributed by atoms with Crippen LogP contribution in [0.15, 0.2) is 48.2 Å². The average molecular weight is 325 g/mol.